The molecule has 3 atom stereocenters. The van der Waals surface area contributed by atoms with Gasteiger partial charge in [0.25, 0.3) is 4.46 Å². The van der Waals surface area contributed by atoms with E-state index in [0.717, 1.165) is 5.56 Å². The van der Waals surface area contributed by atoms with Gasteiger partial charge in [-0.25, -0.2) is 8.60 Å². The predicted molar refractivity (Wildman–Crippen MR) is 94.1 cm³/mol. The van der Waals surface area contributed by atoms with Crippen LogP contribution < -0.4 is 0 Å². The van der Waals surface area contributed by atoms with E-state index >= 15 is 4.39 Å². The Balaban J connectivity index is 2.13. The number of methoxy groups -OCH3 is 1. The van der Waals surface area contributed by atoms with Crippen LogP contribution in [0.2, 0.25) is 0 Å². The van der Waals surface area contributed by atoms with Gasteiger partial charge in [0.05, 0.1) is 0 Å². The number of benzene rings is 2. The number of aryl methyl sites for hydroxylation is 1. The summed E-state index contributed by atoms with van der Waals surface area (Å²) in [5.74, 6) is 0. The van der Waals surface area contributed by atoms with E-state index in [1.165, 1.54) is 7.11 Å². The van der Waals surface area contributed by atoms with E-state index in [0.29, 0.717) is 11.3 Å². The van der Waals surface area contributed by atoms with Gasteiger partial charge in [-0.05, 0) is 30.5 Å². The molecule has 0 aliphatic rings. The molecular weight excluding hydrogens is 351 g/mol. The van der Waals surface area contributed by atoms with Crippen molar-refractivity contribution in [2.75, 3.05) is 13.9 Å². The Labute approximate surface area is 149 Å². The molecule has 0 bridgehead atoms. The van der Waals surface area contributed by atoms with Crippen LogP contribution in [-0.2, 0) is 26.7 Å². The van der Waals surface area contributed by atoms with E-state index in [9.17, 15) is 4.21 Å². The summed E-state index contributed by atoms with van der Waals surface area (Å²) in [6, 6.07) is 17.9. The highest BCUT2D eigenvalue weighted by Crippen LogP contribution is 2.35. The molecule has 0 saturated heterocycles. The summed E-state index contributed by atoms with van der Waals surface area (Å²) >= 11 is 6.04. The van der Waals surface area contributed by atoms with Gasteiger partial charge in [0.2, 0.25) is 0 Å². The van der Waals surface area contributed by atoms with Crippen LogP contribution in [0, 0.1) is 0 Å². The molecule has 0 fully saturated rings. The first-order valence-electron chi connectivity index (χ1n) is 7.55. The maximum absolute atomic E-state index is 15.1. The molecule has 0 heterocycles. The van der Waals surface area contributed by atoms with Gasteiger partial charge in [-0.2, -0.15) is 0 Å². The Morgan fingerprint density at radius 3 is 2.29 bits per heavy atom. The van der Waals surface area contributed by atoms with Crippen molar-refractivity contribution >= 4 is 22.4 Å². The third-order valence-corrected chi connectivity index (χ3v) is 5.63. The van der Waals surface area contributed by atoms with Crippen molar-refractivity contribution in [1.82, 2.24) is 0 Å². The third kappa shape index (κ3) is 5.11. The average Bonchev–Trinajstić information content (AvgIpc) is 2.62. The minimum absolute atomic E-state index is 0.121. The standard InChI is InChI=1S/C18H20ClFO3S/c1-22-14-23-17(13-12-15-8-4-2-5-9-15)18(19,20)24(21)16-10-6-3-7-11-16/h2-11,17H,12-14H2,1H3. The first-order chi connectivity index (χ1) is 11.6. The summed E-state index contributed by atoms with van der Waals surface area (Å²) in [5, 5.41) is 0. The molecule has 6 heteroatoms. The van der Waals surface area contributed by atoms with Gasteiger partial charge in [0, 0.05) is 12.0 Å². The van der Waals surface area contributed by atoms with Gasteiger partial charge in [0.1, 0.15) is 23.7 Å². The minimum Gasteiger partial charge on any atom is -0.359 e. The van der Waals surface area contributed by atoms with Crippen molar-refractivity contribution in [1.29, 1.82) is 0 Å². The number of ether oxygens (including phenoxy) is 2. The van der Waals surface area contributed by atoms with Crippen molar-refractivity contribution in [3.05, 3.63) is 66.2 Å². The normalized spacial score (nSPS) is 16.3. The first kappa shape index (κ1) is 19.1. The monoisotopic (exact) mass is 370 g/mol. The second-order valence-corrected chi connectivity index (χ2v) is 7.61. The summed E-state index contributed by atoms with van der Waals surface area (Å²) in [4.78, 5) is 0.320. The maximum Gasteiger partial charge on any atom is 0.287 e. The fourth-order valence-electron chi connectivity index (χ4n) is 2.26. The molecule has 0 aliphatic carbocycles. The summed E-state index contributed by atoms with van der Waals surface area (Å²) in [6.07, 6.45) is -0.230. The first-order valence-corrected chi connectivity index (χ1v) is 9.07. The summed E-state index contributed by atoms with van der Waals surface area (Å²) in [7, 11) is -0.626. The molecule has 0 N–H and O–H groups in total. The van der Waals surface area contributed by atoms with Gasteiger partial charge in [0.15, 0.2) is 0 Å². The highest BCUT2D eigenvalue weighted by atomic mass is 35.5. The van der Waals surface area contributed by atoms with Crippen LogP contribution in [-0.4, -0.2) is 28.7 Å². The van der Waals surface area contributed by atoms with Gasteiger partial charge >= 0.3 is 0 Å². The summed E-state index contributed by atoms with van der Waals surface area (Å²) in [5.41, 5.74) is 1.03. The van der Waals surface area contributed by atoms with E-state index < -0.39 is 21.4 Å². The molecule has 0 aromatic heterocycles. The smallest absolute Gasteiger partial charge is 0.287 e. The van der Waals surface area contributed by atoms with E-state index in [4.69, 9.17) is 21.1 Å². The second kappa shape index (κ2) is 9.28. The van der Waals surface area contributed by atoms with E-state index in [1.807, 2.05) is 30.3 Å². The van der Waals surface area contributed by atoms with Crippen molar-refractivity contribution in [3.63, 3.8) is 0 Å². The van der Waals surface area contributed by atoms with Crippen LogP contribution in [0.15, 0.2) is 65.6 Å². The van der Waals surface area contributed by atoms with Crippen LogP contribution in [0.5, 0.6) is 0 Å². The Hall–Kier alpha value is -1.27. The molecule has 3 nitrogen and oxygen atoms in total. The Bertz CT molecular complexity index is 637. The number of hydrogen-bond acceptors (Lipinski definition) is 3. The predicted octanol–water partition coefficient (Wildman–Crippen LogP) is 4.28. The SMILES string of the molecule is COCOC(CCc1ccccc1)C(F)(Cl)S(=O)c1ccccc1. The molecular formula is C18H20ClFO3S. The number of halogens is 2. The van der Waals surface area contributed by atoms with Crippen LogP contribution >= 0.6 is 11.6 Å². The lowest BCUT2D eigenvalue weighted by Crippen LogP contribution is -2.39. The van der Waals surface area contributed by atoms with Crippen LogP contribution in [0.25, 0.3) is 0 Å². The molecule has 0 spiro atoms. The number of rotatable bonds is 9. The van der Waals surface area contributed by atoms with Crippen molar-refractivity contribution in [3.8, 4) is 0 Å². The van der Waals surface area contributed by atoms with Crippen molar-refractivity contribution < 1.29 is 18.1 Å². The number of hydrogen-bond donors (Lipinski definition) is 0. The van der Waals surface area contributed by atoms with Gasteiger partial charge in [-0.15, -0.1) is 0 Å². The second-order valence-electron chi connectivity index (χ2n) is 5.23. The molecule has 0 aliphatic heterocycles. The molecule has 2 aromatic rings. The summed E-state index contributed by atoms with van der Waals surface area (Å²) < 4.78 is 35.4. The zero-order valence-electron chi connectivity index (χ0n) is 13.4. The minimum atomic E-state index is -2.55. The quantitative estimate of drug-likeness (QED) is 0.488. The van der Waals surface area contributed by atoms with Crippen LogP contribution in [0.1, 0.15) is 12.0 Å². The Morgan fingerprint density at radius 2 is 1.71 bits per heavy atom. The van der Waals surface area contributed by atoms with Crippen LogP contribution in [0.3, 0.4) is 0 Å². The van der Waals surface area contributed by atoms with Gasteiger partial charge in [-0.1, -0.05) is 60.1 Å². The molecule has 0 amide bonds. The maximum atomic E-state index is 15.1. The average molecular weight is 371 g/mol. The van der Waals surface area contributed by atoms with E-state index in [2.05, 4.69) is 0 Å². The third-order valence-electron chi connectivity index (χ3n) is 3.50. The van der Waals surface area contributed by atoms with Crippen LogP contribution in [0.4, 0.5) is 4.39 Å². The largest absolute Gasteiger partial charge is 0.359 e. The lowest BCUT2D eigenvalue weighted by molar-refractivity contribution is -0.0926. The lowest BCUT2D eigenvalue weighted by Gasteiger charge is -2.27. The summed E-state index contributed by atoms with van der Waals surface area (Å²) in [6.45, 7) is -0.121. The van der Waals surface area contributed by atoms with Gasteiger partial charge in [-0.3, -0.25) is 0 Å². The highest BCUT2D eigenvalue weighted by molar-refractivity contribution is 7.87. The van der Waals surface area contributed by atoms with Crippen molar-refractivity contribution in [2.24, 2.45) is 0 Å². The zero-order valence-corrected chi connectivity index (χ0v) is 14.9. The topological polar surface area (TPSA) is 35.5 Å². The van der Waals surface area contributed by atoms with Crippen molar-refractivity contribution in [2.45, 2.75) is 28.3 Å². The van der Waals surface area contributed by atoms with Gasteiger partial charge < -0.3 is 9.47 Å². The molecule has 2 rings (SSSR count). The lowest BCUT2D eigenvalue weighted by atomic mass is 10.1. The molecule has 0 radical (unpaired) electrons. The molecule has 3 unspecified atom stereocenters. The fourth-order valence-corrected chi connectivity index (χ4v) is 3.84. The number of alkyl halides is 2. The molecule has 24 heavy (non-hydrogen) atoms. The zero-order chi connectivity index (χ0) is 17.4. The van der Waals surface area contributed by atoms with E-state index in [-0.39, 0.29) is 13.2 Å². The fraction of sp³-hybridized carbons (Fsp3) is 0.333. The molecule has 2 aromatic carbocycles. The molecule has 130 valence electrons. The molecule has 0 saturated carbocycles. The Morgan fingerprint density at radius 1 is 1.12 bits per heavy atom. The Kier molecular flexibility index (Phi) is 7.37. The van der Waals surface area contributed by atoms with E-state index in [1.54, 1.807) is 30.3 Å². The highest BCUT2D eigenvalue weighted by Gasteiger charge is 2.44.